The van der Waals surface area contributed by atoms with Crippen molar-refractivity contribution in [2.75, 3.05) is 5.73 Å². The van der Waals surface area contributed by atoms with Gasteiger partial charge in [-0.3, -0.25) is 4.79 Å². The van der Waals surface area contributed by atoms with E-state index in [2.05, 4.69) is 18.8 Å². The van der Waals surface area contributed by atoms with Gasteiger partial charge in [0.1, 0.15) is 5.82 Å². The molecule has 1 aliphatic carbocycles. The summed E-state index contributed by atoms with van der Waals surface area (Å²) in [5.74, 6) is 0.216. The van der Waals surface area contributed by atoms with Gasteiger partial charge in [-0.25, -0.2) is 4.98 Å². The van der Waals surface area contributed by atoms with Crippen LogP contribution >= 0.6 is 11.6 Å². The first-order chi connectivity index (χ1) is 9.40. The fourth-order valence-electron chi connectivity index (χ4n) is 3.21. The van der Waals surface area contributed by atoms with E-state index in [0.717, 1.165) is 18.4 Å². The fourth-order valence-corrected chi connectivity index (χ4v) is 3.38. The lowest BCUT2D eigenvalue weighted by Gasteiger charge is -2.36. The normalized spacial score (nSPS) is 26.7. The Bertz CT molecular complexity index is 505. The van der Waals surface area contributed by atoms with Crippen molar-refractivity contribution in [3.8, 4) is 0 Å². The molecule has 20 heavy (non-hydrogen) atoms. The van der Waals surface area contributed by atoms with Gasteiger partial charge >= 0.3 is 5.97 Å². The zero-order valence-corrected chi connectivity index (χ0v) is 12.6. The number of aliphatic carboxylic acids is 1. The third kappa shape index (κ3) is 3.06. The number of halogens is 1. The number of carbonyl (C=O) groups is 1. The van der Waals surface area contributed by atoms with Crippen molar-refractivity contribution in [1.82, 2.24) is 4.98 Å². The number of hydrogen-bond acceptors (Lipinski definition) is 3. The summed E-state index contributed by atoms with van der Waals surface area (Å²) in [4.78, 5) is 15.6. The number of carboxylic acids is 1. The summed E-state index contributed by atoms with van der Waals surface area (Å²) in [6, 6.07) is 1.77. The number of rotatable bonds is 3. The lowest BCUT2D eigenvalue weighted by Crippen LogP contribution is -2.31. The van der Waals surface area contributed by atoms with Gasteiger partial charge in [-0.05, 0) is 42.7 Å². The second-order valence-electron chi connectivity index (χ2n) is 6.00. The van der Waals surface area contributed by atoms with Gasteiger partial charge in [0.05, 0.1) is 10.9 Å². The molecule has 5 heteroatoms. The molecule has 1 aromatic heterocycles. The predicted molar refractivity (Wildman–Crippen MR) is 79.7 cm³/mol. The smallest absolute Gasteiger partial charge is 0.307 e. The maximum atomic E-state index is 11.5. The third-order valence-corrected chi connectivity index (χ3v) is 4.67. The highest BCUT2D eigenvalue weighted by Crippen LogP contribution is 2.44. The number of pyridine rings is 1. The topological polar surface area (TPSA) is 76.2 Å². The van der Waals surface area contributed by atoms with Crippen LogP contribution in [-0.4, -0.2) is 16.1 Å². The predicted octanol–water partition coefficient (Wildman–Crippen LogP) is 3.56. The van der Waals surface area contributed by atoms with Crippen molar-refractivity contribution in [3.05, 3.63) is 22.8 Å². The number of hydrogen-bond donors (Lipinski definition) is 2. The van der Waals surface area contributed by atoms with Crippen molar-refractivity contribution in [2.45, 2.75) is 39.0 Å². The molecule has 3 atom stereocenters. The first kappa shape index (κ1) is 15.1. The first-order valence-corrected chi connectivity index (χ1v) is 7.41. The molecule has 0 aliphatic heterocycles. The highest BCUT2D eigenvalue weighted by atomic mass is 35.5. The van der Waals surface area contributed by atoms with Gasteiger partial charge < -0.3 is 10.8 Å². The molecule has 3 N–H and O–H groups in total. The van der Waals surface area contributed by atoms with Crippen LogP contribution in [-0.2, 0) is 4.79 Å². The molecule has 1 aromatic rings. The van der Waals surface area contributed by atoms with Crippen LogP contribution in [0.5, 0.6) is 0 Å². The monoisotopic (exact) mass is 296 g/mol. The molecule has 2 rings (SSSR count). The Kier molecular flexibility index (Phi) is 4.53. The average molecular weight is 297 g/mol. The number of nitrogen functional groups attached to an aromatic ring is 1. The van der Waals surface area contributed by atoms with Gasteiger partial charge in [-0.2, -0.15) is 0 Å². The summed E-state index contributed by atoms with van der Waals surface area (Å²) in [6.45, 7) is 4.37. The summed E-state index contributed by atoms with van der Waals surface area (Å²) >= 11 is 6.00. The molecule has 0 radical (unpaired) electrons. The number of carboxylic acid groups (broad SMARTS) is 1. The SMILES string of the molecule is CC(C)C1CCC(C(=O)O)C(c2cc(Cl)cnc2N)C1. The van der Waals surface area contributed by atoms with Gasteiger partial charge in [0, 0.05) is 12.1 Å². The summed E-state index contributed by atoms with van der Waals surface area (Å²) in [7, 11) is 0. The molecule has 3 unspecified atom stereocenters. The second-order valence-corrected chi connectivity index (χ2v) is 6.43. The first-order valence-electron chi connectivity index (χ1n) is 7.03. The third-order valence-electron chi connectivity index (χ3n) is 4.47. The van der Waals surface area contributed by atoms with Gasteiger partial charge in [0.2, 0.25) is 0 Å². The highest BCUT2D eigenvalue weighted by molar-refractivity contribution is 6.30. The van der Waals surface area contributed by atoms with E-state index in [1.807, 2.05) is 0 Å². The van der Waals surface area contributed by atoms with E-state index >= 15 is 0 Å². The minimum Gasteiger partial charge on any atom is -0.481 e. The number of aromatic nitrogens is 1. The maximum absolute atomic E-state index is 11.5. The standard InChI is InChI=1S/C15H21ClN2O2/c1-8(2)9-3-4-11(15(19)20)12(5-9)13-6-10(16)7-18-14(13)17/h6-9,11-12H,3-5H2,1-2H3,(H2,17,18)(H,19,20). The van der Waals surface area contributed by atoms with Crippen LogP contribution < -0.4 is 5.73 Å². The van der Waals surface area contributed by atoms with E-state index in [0.29, 0.717) is 29.1 Å². The number of anilines is 1. The van der Waals surface area contributed by atoms with Crippen molar-refractivity contribution < 1.29 is 9.90 Å². The van der Waals surface area contributed by atoms with Crippen molar-refractivity contribution in [3.63, 3.8) is 0 Å². The Balaban J connectivity index is 2.36. The van der Waals surface area contributed by atoms with Crippen LogP contribution in [0.1, 0.15) is 44.6 Å². The molecule has 0 bridgehead atoms. The molecule has 0 saturated heterocycles. The Hall–Kier alpha value is -1.29. The Morgan fingerprint density at radius 2 is 2.20 bits per heavy atom. The highest BCUT2D eigenvalue weighted by Gasteiger charge is 2.37. The summed E-state index contributed by atoms with van der Waals surface area (Å²) in [6.07, 6.45) is 3.98. The zero-order valence-electron chi connectivity index (χ0n) is 11.8. The molecule has 4 nitrogen and oxygen atoms in total. The second kappa shape index (κ2) is 6.00. The zero-order chi connectivity index (χ0) is 14.9. The van der Waals surface area contributed by atoms with E-state index in [1.54, 1.807) is 6.07 Å². The van der Waals surface area contributed by atoms with Crippen LogP contribution in [0.3, 0.4) is 0 Å². The molecule has 1 aliphatic rings. The molecular weight excluding hydrogens is 276 g/mol. The van der Waals surface area contributed by atoms with E-state index in [4.69, 9.17) is 17.3 Å². The molecule has 1 fully saturated rings. The fraction of sp³-hybridized carbons (Fsp3) is 0.600. The Labute approximate surface area is 124 Å². The van der Waals surface area contributed by atoms with Crippen LogP contribution in [0, 0.1) is 17.8 Å². The quantitative estimate of drug-likeness (QED) is 0.894. The molecule has 1 saturated carbocycles. The Morgan fingerprint density at radius 1 is 1.50 bits per heavy atom. The minimum atomic E-state index is -0.753. The van der Waals surface area contributed by atoms with Crippen molar-refractivity contribution >= 4 is 23.4 Å². The summed E-state index contributed by atoms with van der Waals surface area (Å²) in [5.41, 5.74) is 6.73. The van der Waals surface area contributed by atoms with Gasteiger partial charge in [-0.1, -0.05) is 25.4 Å². The van der Waals surface area contributed by atoms with E-state index in [9.17, 15) is 9.90 Å². The van der Waals surface area contributed by atoms with E-state index in [-0.39, 0.29) is 5.92 Å². The van der Waals surface area contributed by atoms with Crippen molar-refractivity contribution in [2.24, 2.45) is 17.8 Å². The van der Waals surface area contributed by atoms with Crippen LogP contribution in [0.4, 0.5) is 5.82 Å². The summed E-state index contributed by atoms with van der Waals surface area (Å²) < 4.78 is 0. The van der Waals surface area contributed by atoms with Gasteiger partial charge in [-0.15, -0.1) is 0 Å². The number of nitrogens with zero attached hydrogens (tertiary/aromatic N) is 1. The molecule has 0 amide bonds. The van der Waals surface area contributed by atoms with Gasteiger partial charge in [0.25, 0.3) is 0 Å². The molecule has 110 valence electrons. The lowest BCUT2D eigenvalue weighted by atomic mass is 9.68. The minimum absolute atomic E-state index is 0.0974. The van der Waals surface area contributed by atoms with Crippen LogP contribution in [0.15, 0.2) is 12.3 Å². The molecule has 0 aromatic carbocycles. The van der Waals surface area contributed by atoms with Crippen molar-refractivity contribution in [1.29, 1.82) is 0 Å². The lowest BCUT2D eigenvalue weighted by molar-refractivity contribution is -0.144. The van der Waals surface area contributed by atoms with E-state index < -0.39 is 11.9 Å². The Morgan fingerprint density at radius 3 is 2.80 bits per heavy atom. The molecular formula is C15H21ClN2O2. The maximum Gasteiger partial charge on any atom is 0.307 e. The molecule has 1 heterocycles. The van der Waals surface area contributed by atoms with Gasteiger partial charge in [0.15, 0.2) is 0 Å². The van der Waals surface area contributed by atoms with E-state index in [1.165, 1.54) is 6.20 Å². The average Bonchev–Trinajstić information content (AvgIpc) is 2.40. The summed E-state index contributed by atoms with van der Waals surface area (Å²) in [5, 5.41) is 9.97. The largest absolute Gasteiger partial charge is 0.481 e. The number of nitrogens with two attached hydrogens (primary N) is 1. The van der Waals surface area contributed by atoms with Crippen LogP contribution in [0.2, 0.25) is 5.02 Å². The van der Waals surface area contributed by atoms with Crippen LogP contribution in [0.25, 0.3) is 0 Å². The molecule has 0 spiro atoms.